The molecular formula is C15H22ClN3O. The van der Waals surface area contributed by atoms with Gasteiger partial charge in [0.15, 0.2) is 0 Å². The summed E-state index contributed by atoms with van der Waals surface area (Å²) in [6.45, 7) is 6.32. The molecule has 2 rings (SSSR count). The molecule has 1 aromatic rings. The molecule has 5 heteroatoms. The molecule has 1 amide bonds. The Balaban J connectivity index is 1.87. The van der Waals surface area contributed by atoms with E-state index in [4.69, 9.17) is 17.3 Å². The van der Waals surface area contributed by atoms with Gasteiger partial charge in [-0.15, -0.1) is 0 Å². The minimum Gasteiger partial charge on any atom is -0.397 e. The van der Waals surface area contributed by atoms with Crippen LogP contribution in [0.5, 0.6) is 0 Å². The molecule has 0 atom stereocenters. The van der Waals surface area contributed by atoms with E-state index in [1.165, 1.54) is 12.8 Å². The number of nitrogens with two attached hydrogens (primary N) is 1. The molecule has 1 heterocycles. The first-order valence-corrected chi connectivity index (χ1v) is 7.36. The number of hydrogen-bond acceptors (Lipinski definition) is 3. The van der Waals surface area contributed by atoms with Crippen LogP contribution >= 0.6 is 11.6 Å². The molecule has 110 valence electrons. The number of hydrogen-bond donors (Lipinski definition) is 2. The highest BCUT2D eigenvalue weighted by Crippen LogP contribution is 2.28. The summed E-state index contributed by atoms with van der Waals surface area (Å²) in [4.78, 5) is 14.4. The predicted molar refractivity (Wildman–Crippen MR) is 84.0 cm³/mol. The summed E-state index contributed by atoms with van der Waals surface area (Å²) in [5, 5.41) is 3.41. The van der Waals surface area contributed by atoms with Crippen LogP contribution in [0.1, 0.15) is 33.1 Å². The molecule has 4 nitrogen and oxygen atoms in total. The molecule has 0 bridgehead atoms. The number of nitrogens with zero attached hydrogens (tertiary/aromatic N) is 1. The summed E-state index contributed by atoms with van der Waals surface area (Å²) in [6.07, 6.45) is 2.88. The van der Waals surface area contributed by atoms with E-state index in [0.717, 1.165) is 13.1 Å². The smallest absolute Gasteiger partial charge is 0.225 e. The second kappa shape index (κ2) is 6.02. The number of carbonyl (C=O) groups is 1. The number of nitrogens with one attached hydrogen (secondary N) is 1. The van der Waals surface area contributed by atoms with Crippen molar-refractivity contribution >= 4 is 28.9 Å². The zero-order valence-corrected chi connectivity index (χ0v) is 12.8. The van der Waals surface area contributed by atoms with E-state index >= 15 is 0 Å². The van der Waals surface area contributed by atoms with Crippen molar-refractivity contribution in [1.82, 2.24) is 4.90 Å². The lowest BCUT2D eigenvalue weighted by Crippen LogP contribution is -2.39. The molecule has 0 saturated carbocycles. The van der Waals surface area contributed by atoms with Crippen molar-refractivity contribution in [2.45, 2.75) is 38.6 Å². The number of nitrogen functional groups attached to an aromatic ring is 1. The van der Waals surface area contributed by atoms with Crippen LogP contribution < -0.4 is 11.1 Å². The summed E-state index contributed by atoms with van der Waals surface area (Å²) >= 11 is 5.83. The second-order valence-corrected chi connectivity index (χ2v) is 6.37. The van der Waals surface area contributed by atoms with Crippen molar-refractivity contribution < 1.29 is 4.79 Å². The molecule has 1 aromatic carbocycles. The van der Waals surface area contributed by atoms with E-state index in [2.05, 4.69) is 24.1 Å². The largest absolute Gasteiger partial charge is 0.397 e. The van der Waals surface area contributed by atoms with Gasteiger partial charge in [-0.25, -0.2) is 0 Å². The topological polar surface area (TPSA) is 58.4 Å². The standard InChI is InChI=1S/C15H22ClN3O/c1-15(2)7-3-8-19(15)9-6-14(20)18-13-5-4-11(16)10-12(13)17/h4-5,10H,3,6-9,17H2,1-2H3,(H,18,20). The number of amides is 1. The monoisotopic (exact) mass is 295 g/mol. The summed E-state index contributed by atoms with van der Waals surface area (Å²) in [5.41, 5.74) is 7.15. The van der Waals surface area contributed by atoms with Crippen LogP contribution in [0.3, 0.4) is 0 Å². The fourth-order valence-corrected chi connectivity index (χ4v) is 2.85. The number of anilines is 2. The Bertz CT molecular complexity index is 502. The predicted octanol–water partition coefficient (Wildman–Crippen LogP) is 3.13. The zero-order chi connectivity index (χ0) is 14.8. The molecule has 1 saturated heterocycles. The van der Waals surface area contributed by atoms with Crippen LogP contribution in [-0.2, 0) is 4.79 Å². The molecular weight excluding hydrogens is 274 g/mol. The van der Waals surface area contributed by atoms with Crippen molar-refractivity contribution in [3.8, 4) is 0 Å². The summed E-state index contributed by atoms with van der Waals surface area (Å²) in [5.74, 6) is -0.0123. The normalized spacial score (nSPS) is 18.1. The van der Waals surface area contributed by atoms with Gasteiger partial charge in [0.2, 0.25) is 5.91 Å². The first-order valence-electron chi connectivity index (χ1n) is 6.98. The average Bonchev–Trinajstić information content (AvgIpc) is 2.69. The minimum atomic E-state index is -0.0123. The molecule has 3 N–H and O–H groups in total. The van der Waals surface area contributed by atoms with Crippen LogP contribution in [-0.4, -0.2) is 29.4 Å². The quantitative estimate of drug-likeness (QED) is 0.839. The van der Waals surface area contributed by atoms with Crippen molar-refractivity contribution in [1.29, 1.82) is 0 Å². The van der Waals surface area contributed by atoms with Crippen LogP contribution in [0.2, 0.25) is 5.02 Å². The maximum atomic E-state index is 12.0. The molecule has 1 aliphatic rings. The van der Waals surface area contributed by atoms with Gasteiger partial charge in [-0.05, 0) is 51.4 Å². The highest BCUT2D eigenvalue weighted by Gasteiger charge is 2.31. The molecule has 0 radical (unpaired) electrons. The molecule has 0 aromatic heterocycles. The van der Waals surface area contributed by atoms with Gasteiger partial charge in [0.1, 0.15) is 0 Å². The zero-order valence-electron chi connectivity index (χ0n) is 12.1. The summed E-state index contributed by atoms with van der Waals surface area (Å²) in [6, 6.07) is 5.09. The second-order valence-electron chi connectivity index (χ2n) is 5.93. The lowest BCUT2D eigenvalue weighted by Gasteiger charge is -2.31. The highest BCUT2D eigenvalue weighted by molar-refractivity contribution is 6.31. The van der Waals surface area contributed by atoms with Gasteiger partial charge >= 0.3 is 0 Å². The number of benzene rings is 1. The molecule has 0 unspecified atom stereocenters. The Labute approximate surface area is 125 Å². The lowest BCUT2D eigenvalue weighted by atomic mass is 10.0. The third-order valence-electron chi connectivity index (χ3n) is 3.97. The number of halogens is 1. The van der Waals surface area contributed by atoms with Gasteiger partial charge < -0.3 is 11.1 Å². The summed E-state index contributed by atoms with van der Waals surface area (Å²) in [7, 11) is 0. The van der Waals surface area contributed by atoms with Crippen molar-refractivity contribution in [3.63, 3.8) is 0 Å². The van der Waals surface area contributed by atoms with Gasteiger partial charge in [0, 0.05) is 23.5 Å². The van der Waals surface area contributed by atoms with E-state index in [-0.39, 0.29) is 11.4 Å². The SMILES string of the molecule is CC1(C)CCCN1CCC(=O)Nc1ccc(Cl)cc1N. The number of carbonyl (C=O) groups excluding carboxylic acids is 1. The maximum absolute atomic E-state index is 12.0. The van der Waals surface area contributed by atoms with E-state index in [0.29, 0.717) is 22.8 Å². The molecule has 1 aliphatic heterocycles. The summed E-state index contributed by atoms with van der Waals surface area (Å²) < 4.78 is 0. The van der Waals surface area contributed by atoms with Crippen LogP contribution in [0, 0.1) is 0 Å². The molecule has 1 fully saturated rings. The average molecular weight is 296 g/mol. The van der Waals surface area contributed by atoms with Crippen molar-refractivity contribution in [2.75, 3.05) is 24.1 Å². The van der Waals surface area contributed by atoms with Gasteiger partial charge in [0.05, 0.1) is 11.4 Å². The van der Waals surface area contributed by atoms with Gasteiger partial charge in [-0.1, -0.05) is 11.6 Å². The van der Waals surface area contributed by atoms with Crippen molar-refractivity contribution in [3.05, 3.63) is 23.2 Å². The Morgan fingerprint density at radius 2 is 2.25 bits per heavy atom. The Morgan fingerprint density at radius 1 is 1.50 bits per heavy atom. The number of rotatable bonds is 4. The van der Waals surface area contributed by atoms with Crippen LogP contribution in [0.25, 0.3) is 0 Å². The van der Waals surface area contributed by atoms with E-state index in [1.807, 2.05) is 0 Å². The van der Waals surface area contributed by atoms with Gasteiger partial charge in [-0.2, -0.15) is 0 Å². The third-order valence-corrected chi connectivity index (χ3v) is 4.20. The Morgan fingerprint density at radius 3 is 2.85 bits per heavy atom. The third kappa shape index (κ3) is 3.64. The van der Waals surface area contributed by atoms with Gasteiger partial charge in [-0.3, -0.25) is 9.69 Å². The molecule has 20 heavy (non-hydrogen) atoms. The van der Waals surface area contributed by atoms with E-state index in [1.54, 1.807) is 18.2 Å². The molecule has 0 aliphatic carbocycles. The molecule has 0 spiro atoms. The number of likely N-dealkylation sites (tertiary alicyclic amines) is 1. The first-order chi connectivity index (χ1) is 9.38. The van der Waals surface area contributed by atoms with E-state index in [9.17, 15) is 4.79 Å². The first kappa shape index (κ1) is 15.1. The fraction of sp³-hybridized carbons (Fsp3) is 0.533. The van der Waals surface area contributed by atoms with Gasteiger partial charge in [0.25, 0.3) is 0 Å². The minimum absolute atomic E-state index is 0.0123. The van der Waals surface area contributed by atoms with Crippen molar-refractivity contribution in [2.24, 2.45) is 0 Å². The Kier molecular flexibility index (Phi) is 4.55. The Hall–Kier alpha value is -1.26. The van der Waals surface area contributed by atoms with E-state index < -0.39 is 0 Å². The maximum Gasteiger partial charge on any atom is 0.225 e. The van der Waals surface area contributed by atoms with Crippen LogP contribution in [0.15, 0.2) is 18.2 Å². The fourth-order valence-electron chi connectivity index (χ4n) is 2.67. The van der Waals surface area contributed by atoms with Crippen LogP contribution in [0.4, 0.5) is 11.4 Å². The highest BCUT2D eigenvalue weighted by atomic mass is 35.5. The lowest BCUT2D eigenvalue weighted by molar-refractivity contribution is -0.116.